The van der Waals surface area contributed by atoms with Gasteiger partial charge in [0.2, 0.25) is 0 Å². The van der Waals surface area contributed by atoms with Gasteiger partial charge in [-0.15, -0.1) is 0 Å². The highest BCUT2D eigenvalue weighted by Gasteiger charge is 2.25. The minimum atomic E-state index is -0.463. The van der Waals surface area contributed by atoms with E-state index >= 15 is 0 Å². The summed E-state index contributed by atoms with van der Waals surface area (Å²) in [4.78, 5) is 26.3. The van der Waals surface area contributed by atoms with Gasteiger partial charge in [0.05, 0.1) is 0 Å². The summed E-state index contributed by atoms with van der Waals surface area (Å²) in [5, 5.41) is 2.88. The van der Waals surface area contributed by atoms with Gasteiger partial charge in [-0.3, -0.25) is 4.79 Å². The maximum absolute atomic E-state index is 12.5. The normalized spacial score (nSPS) is 14.4. The minimum Gasteiger partial charge on any atom is -0.483 e. The zero-order valence-corrected chi connectivity index (χ0v) is 17.2. The molecule has 1 fully saturated rings. The first-order chi connectivity index (χ1) is 13.9. The number of benzene rings is 2. The van der Waals surface area contributed by atoms with E-state index in [1.54, 1.807) is 17.0 Å². The van der Waals surface area contributed by atoms with Crippen molar-refractivity contribution in [1.29, 1.82) is 0 Å². The second-order valence-corrected chi connectivity index (χ2v) is 7.44. The Kier molecular flexibility index (Phi) is 6.75. The fourth-order valence-corrected chi connectivity index (χ4v) is 3.44. The van der Waals surface area contributed by atoms with Crippen LogP contribution in [0.1, 0.15) is 29.5 Å². The highest BCUT2D eigenvalue weighted by atomic mass is 16.6. The Labute approximate surface area is 171 Å². The number of rotatable bonds is 5. The van der Waals surface area contributed by atoms with Crippen molar-refractivity contribution < 1.29 is 19.1 Å². The van der Waals surface area contributed by atoms with E-state index in [9.17, 15) is 9.59 Å². The van der Waals surface area contributed by atoms with Gasteiger partial charge in [0.25, 0.3) is 5.91 Å². The first kappa shape index (κ1) is 20.7. The maximum atomic E-state index is 12.5. The standard InChI is InChI=1S/C23H28N2O4/c1-16-9-10-17(2)22(18(16)3)28-15-21(26)25-13-11-19(12-14-25)24-23(27)29-20-7-5-4-6-8-20/h4-10,19H,11-15H2,1-3H3,(H,24,27). The van der Waals surface area contributed by atoms with Crippen LogP contribution >= 0.6 is 0 Å². The molecular formula is C23H28N2O4. The van der Waals surface area contributed by atoms with Crippen molar-refractivity contribution >= 4 is 12.0 Å². The lowest BCUT2D eigenvalue weighted by Crippen LogP contribution is -2.48. The average Bonchev–Trinajstić information content (AvgIpc) is 2.72. The number of piperidine rings is 1. The van der Waals surface area contributed by atoms with Gasteiger partial charge in [-0.05, 0) is 62.4 Å². The molecule has 0 radical (unpaired) electrons. The molecule has 6 heteroatoms. The second-order valence-electron chi connectivity index (χ2n) is 7.44. The second kappa shape index (κ2) is 9.45. The molecule has 2 amide bonds. The Morgan fingerprint density at radius 2 is 1.66 bits per heavy atom. The Bertz CT molecular complexity index is 859. The molecule has 0 aromatic heterocycles. The molecule has 1 aliphatic heterocycles. The lowest BCUT2D eigenvalue weighted by Gasteiger charge is -2.32. The van der Waals surface area contributed by atoms with Gasteiger partial charge in [-0.25, -0.2) is 4.79 Å². The Balaban J connectivity index is 1.44. The lowest BCUT2D eigenvalue weighted by atomic mass is 10.0. The van der Waals surface area contributed by atoms with Gasteiger partial charge < -0.3 is 19.7 Å². The van der Waals surface area contributed by atoms with Crippen molar-refractivity contribution in [2.24, 2.45) is 0 Å². The van der Waals surface area contributed by atoms with Crippen LogP contribution in [0.3, 0.4) is 0 Å². The minimum absolute atomic E-state index is 0.00237. The predicted octanol–water partition coefficient (Wildman–Crippen LogP) is 3.77. The summed E-state index contributed by atoms with van der Waals surface area (Å²) in [6.07, 6.45) is 0.922. The van der Waals surface area contributed by atoms with Crippen molar-refractivity contribution in [1.82, 2.24) is 10.2 Å². The monoisotopic (exact) mass is 396 g/mol. The summed E-state index contributed by atoms with van der Waals surface area (Å²) in [7, 11) is 0. The average molecular weight is 396 g/mol. The third-order valence-electron chi connectivity index (χ3n) is 5.34. The Morgan fingerprint density at radius 1 is 1.00 bits per heavy atom. The van der Waals surface area contributed by atoms with E-state index in [0.717, 1.165) is 22.4 Å². The molecule has 2 aromatic rings. The highest BCUT2D eigenvalue weighted by molar-refractivity contribution is 5.78. The number of aryl methyl sites for hydroxylation is 2. The first-order valence-electron chi connectivity index (χ1n) is 9.95. The summed E-state index contributed by atoms with van der Waals surface area (Å²) >= 11 is 0. The van der Waals surface area contributed by atoms with Gasteiger partial charge in [0.15, 0.2) is 6.61 Å². The van der Waals surface area contributed by atoms with E-state index in [2.05, 4.69) is 11.4 Å². The highest BCUT2D eigenvalue weighted by Crippen LogP contribution is 2.25. The van der Waals surface area contributed by atoms with E-state index < -0.39 is 6.09 Å². The summed E-state index contributed by atoms with van der Waals surface area (Å²) in [5.41, 5.74) is 3.24. The molecule has 0 atom stereocenters. The largest absolute Gasteiger partial charge is 0.483 e. The van der Waals surface area contributed by atoms with Crippen LogP contribution in [-0.2, 0) is 4.79 Å². The Hall–Kier alpha value is -3.02. The molecule has 29 heavy (non-hydrogen) atoms. The zero-order valence-electron chi connectivity index (χ0n) is 17.2. The van der Waals surface area contributed by atoms with Crippen LogP contribution in [0.25, 0.3) is 0 Å². The van der Waals surface area contributed by atoms with Gasteiger partial charge in [-0.1, -0.05) is 30.3 Å². The summed E-state index contributed by atoms with van der Waals surface area (Å²) in [5.74, 6) is 1.27. The molecule has 0 unspecified atom stereocenters. The fraction of sp³-hybridized carbons (Fsp3) is 0.391. The Morgan fingerprint density at radius 3 is 2.34 bits per heavy atom. The zero-order chi connectivity index (χ0) is 20.8. The molecule has 1 heterocycles. The predicted molar refractivity (Wildman–Crippen MR) is 111 cm³/mol. The fourth-order valence-electron chi connectivity index (χ4n) is 3.44. The van der Waals surface area contributed by atoms with Crippen LogP contribution in [0.15, 0.2) is 42.5 Å². The molecule has 0 bridgehead atoms. The van der Waals surface area contributed by atoms with Crippen LogP contribution in [0, 0.1) is 20.8 Å². The van der Waals surface area contributed by atoms with Gasteiger partial charge in [-0.2, -0.15) is 0 Å². The van der Waals surface area contributed by atoms with Gasteiger partial charge >= 0.3 is 6.09 Å². The topological polar surface area (TPSA) is 67.9 Å². The van der Waals surface area contributed by atoms with E-state index in [4.69, 9.17) is 9.47 Å². The van der Waals surface area contributed by atoms with Crippen molar-refractivity contribution in [2.75, 3.05) is 19.7 Å². The van der Waals surface area contributed by atoms with Crippen LogP contribution < -0.4 is 14.8 Å². The molecule has 154 valence electrons. The van der Waals surface area contributed by atoms with Gasteiger partial charge in [0, 0.05) is 19.1 Å². The number of para-hydroxylation sites is 1. The molecular weight excluding hydrogens is 368 g/mol. The lowest BCUT2D eigenvalue weighted by molar-refractivity contribution is -0.134. The van der Waals surface area contributed by atoms with E-state index in [-0.39, 0.29) is 18.6 Å². The smallest absolute Gasteiger partial charge is 0.412 e. The maximum Gasteiger partial charge on any atom is 0.412 e. The molecule has 0 aliphatic carbocycles. The van der Waals surface area contributed by atoms with Crippen molar-refractivity contribution in [2.45, 2.75) is 39.7 Å². The molecule has 2 aromatic carbocycles. The van der Waals surface area contributed by atoms with Crippen molar-refractivity contribution in [3.8, 4) is 11.5 Å². The van der Waals surface area contributed by atoms with Crippen molar-refractivity contribution in [3.05, 3.63) is 59.2 Å². The number of amides is 2. The van der Waals surface area contributed by atoms with Crippen molar-refractivity contribution in [3.63, 3.8) is 0 Å². The summed E-state index contributed by atoms with van der Waals surface area (Å²) < 4.78 is 11.1. The molecule has 0 saturated carbocycles. The number of likely N-dealkylation sites (tertiary alicyclic amines) is 1. The molecule has 3 rings (SSSR count). The SMILES string of the molecule is Cc1ccc(C)c(OCC(=O)N2CCC(NC(=O)Oc3ccccc3)CC2)c1C. The van der Waals surface area contributed by atoms with Crippen LogP contribution in [0.4, 0.5) is 4.79 Å². The van der Waals surface area contributed by atoms with Crippen LogP contribution in [0.5, 0.6) is 11.5 Å². The van der Waals surface area contributed by atoms with Gasteiger partial charge in [0.1, 0.15) is 11.5 Å². The number of carbonyl (C=O) groups excluding carboxylic acids is 2. The number of nitrogens with zero attached hydrogens (tertiary/aromatic N) is 1. The molecule has 1 saturated heterocycles. The number of nitrogens with one attached hydrogen (secondary N) is 1. The van der Waals surface area contributed by atoms with E-state index in [1.165, 1.54) is 0 Å². The first-order valence-corrected chi connectivity index (χ1v) is 9.95. The molecule has 1 aliphatic rings. The summed E-state index contributed by atoms with van der Waals surface area (Å²) in [6.45, 7) is 7.23. The number of hydrogen-bond donors (Lipinski definition) is 1. The quantitative estimate of drug-likeness (QED) is 0.835. The van der Waals surface area contributed by atoms with E-state index in [0.29, 0.717) is 31.7 Å². The van der Waals surface area contributed by atoms with Crippen LogP contribution in [-0.4, -0.2) is 42.6 Å². The number of hydrogen-bond acceptors (Lipinski definition) is 4. The number of ether oxygens (including phenoxy) is 2. The summed E-state index contributed by atoms with van der Waals surface area (Å²) in [6, 6.07) is 13.0. The molecule has 0 spiro atoms. The third-order valence-corrected chi connectivity index (χ3v) is 5.34. The molecule has 6 nitrogen and oxygen atoms in total. The third kappa shape index (κ3) is 5.50. The molecule has 1 N–H and O–H groups in total. The number of carbonyl (C=O) groups is 2. The van der Waals surface area contributed by atoms with Crippen LogP contribution in [0.2, 0.25) is 0 Å². The van der Waals surface area contributed by atoms with E-state index in [1.807, 2.05) is 45.0 Å².